The fourth-order valence-electron chi connectivity index (χ4n) is 1.99. The van der Waals surface area contributed by atoms with Gasteiger partial charge in [0, 0.05) is 0 Å². The van der Waals surface area contributed by atoms with Crippen molar-refractivity contribution in [3.8, 4) is 0 Å². The first-order valence-corrected chi connectivity index (χ1v) is 10.6. The predicted molar refractivity (Wildman–Crippen MR) is 85.1 cm³/mol. The normalized spacial score (nSPS) is 24.7. The van der Waals surface area contributed by atoms with Gasteiger partial charge in [0.25, 0.3) is 0 Å². The van der Waals surface area contributed by atoms with E-state index in [-0.39, 0.29) is 11.1 Å². The van der Waals surface area contributed by atoms with Gasteiger partial charge in [0.15, 0.2) is 8.32 Å². The Kier molecular flexibility index (Phi) is 5.84. The van der Waals surface area contributed by atoms with E-state index in [0.717, 1.165) is 13.0 Å². The molecule has 0 radical (unpaired) electrons. The van der Waals surface area contributed by atoms with Gasteiger partial charge in [-0.25, -0.2) is 0 Å². The van der Waals surface area contributed by atoms with Crippen LogP contribution in [0.2, 0.25) is 18.1 Å². The second-order valence-electron chi connectivity index (χ2n) is 7.29. The third kappa shape index (κ3) is 4.73. The Hall–Kier alpha value is -0.123. The Morgan fingerprint density at radius 1 is 1.32 bits per heavy atom. The van der Waals surface area contributed by atoms with E-state index in [9.17, 15) is 0 Å². The lowest BCUT2D eigenvalue weighted by Gasteiger charge is -2.37. The van der Waals surface area contributed by atoms with Crippen molar-refractivity contribution in [1.29, 1.82) is 0 Å². The lowest BCUT2D eigenvalue weighted by atomic mass is 10.1. The first-order chi connectivity index (χ1) is 8.67. The largest absolute Gasteiger partial charge is 0.414 e. The topological polar surface area (TPSA) is 18.5 Å². The van der Waals surface area contributed by atoms with E-state index in [2.05, 4.69) is 53.8 Å². The van der Waals surface area contributed by atoms with Crippen molar-refractivity contribution in [2.45, 2.75) is 84.2 Å². The molecular weight excluding hydrogens is 252 g/mol. The van der Waals surface area contributed by atoms with E-state index < -0.39 is 8.32 Å². The Balaban J connectivity index is 2.46. The Morgan fingerprint density at radius 2 is 1.95 bits per heavy atom. The molecule has 0 aromatic heterocycles. The second-order valence-corrected chi connectivity index (χ2v) is 12.1. The second kappa shape index (κ2) is 6.55. The van der Waals surface area contributed by atoms with E-state index in [4.69, 9.17) is 9.16 Å². The summed E-state index contributed by atoms with van der Waals surface area (Å²) in [5.41, 5.74) is 1.35. The van der Waals surface area contributed by atoms with E-state index in [1.54, 1.807) is 0 Å². The highest BCUT2D eigenvalue weighted by molar-refractivity contribution is 6.74. The first-order valence-electron chi connectivity index (χ1n) is 7.65. The molecule has 0 unspecified atom stereocenters. The molecule has 1 rings (SSSR count). The summed E-state index contributed by atoms with van der Waals surface area (Å²) in [7, 11) is -1.66. The molecule has 0 aromatic rings. The molecule has 3 heteroatoms. The van der Waals surface area contributed by atoms with Crippen molar-refractivity contribution in [3.63, 3.8) is 0 Å². The van der Waals surface area contributed by atoms with Crippen molar-refractivity contribution < 1.29 is 9.16 Å². The van der Waals surface area contributed by atoms with Crippen LogP contribution in [0.4, 0.5) is 0 Å². The van der Waals surface area contributed by atoms with E-state index in [1.165, 1.54) is 18.4 Å². The zero-order valence-electron chi connectivity index (χ0n) is 13.9. The van der Waals surface area contributed by atoms with Gasteiger partial charge in [-0.3, -0.25) is 0 Å². The quantitative estimate of drug-likeness (QED) is 0.509. The van der Waals surface area contributed by atoms with Crippen molar-refractivity contribution >= 4 is 8.32 Å². The minimum absolute atomic E-state index is 0.177. The average Bonchev–Trinajstić information content (AvgIpc) is 2.63. The van der Waals surface area contributed by atoms with Crippen LogP contribution in [0.15, 0.2) is 11.6 Å². The molecule has 0 saturated heterocycles. The van der Waals surface area contributed by atoms with Gasteiger partial charge in [0.05, 0.1) is 12.7 Å². The molecule has 1 aliphatic heterocycles. The summed E-state index contributed by atoms with van der Waals surface area (Å²) in [4.78, 5) is 0. The number of unbranched alkanes of at least 4 members (excludes halogenated alkanes) is 1. The van der Waals surface area contributed by atoms with Gasteiger partial charge in [-0.15, -0.1) is 0 Å². The smallest absolute Gasteiger partial charge is 0.192 e. The summed E-state index contributed by atoms with van der Waals surface area (Å²) >= 11 is 0. The summed E-state index contributed by atoms with van der Waals surface area (Å²) < 4.78 is 12.4. The van der Waals surface area contributed by atoms with Crippen molar-refractivity contribution in [2.75, 3.05) is 6.61 Å². The molecule has 1 aliphatic rings. The highest BCUT2D eigenvalue weighted by atomic mass is 28.4. The highest BCUT2D eigenvalue weighted by Gasteiger charge is 2.38. The standard InChI is InChI=1S/C16H32O2Si/c1-8-9-10-14-11-13(2)15(18-14)12-17-19(6,7)16(3,4)5/h11,14-15H,8-10,12H2,1-7H3/t14-,15-/m1/s1. The molecule has 0 fully saturated rings. The van der Waals surface area contributed by atoms with Crippen LogP contribution < -0.4 is 0 Å². The SMILES string of the molecule is CCCC[C@@H]1C=C(C)[C@@H](CO[Si](C)(C)C(C)(C)C)O1. The van der Waals surface area contributed by atoms with Crippen LogP contribution in [0.1, 0.15) is 53.9 Å². The van der Waals surface area contributed by atoms with Crippen LogP contribution in [0.3, 0.4) is 0 Å². The van der Waals surface area contributed by atoms with E-state index in [0.29, 0.717) is 6.10 Å². The molecule has 0 saturated carbocycles. The number of hydrogen-bond donors (Lipinski definition) is 0. The van der Waals surface area contributed by atoms with E-state index in [1.807, 2.05) is 0 Å². The molecule has 19 heavy (non-hydrogen) atoms. The van der Waals surface area contributed by atoms with E-state index >= 15 is 0 Å². The fourth-order valence-corrected chi connectivity index (χ4v) is 2.99. The molecule has 0 spiro atoms. The van der Waals surface area contributed by atoms with Crippen LogP contribution in [0.25, 0.3) is 0 Å². The van der Waals surface area contributed by atoms with Gasteiger partial charge in [-0.1, -0.05) is 46.6 Å². The van der Waals surface area contributed by atoms with Gasteiger partial charge in [0.2, 0.25) is 0 Å². The van der Waals surface area contributed by atoms with Crippen LogP contribution in [0.5, 0.6) is 0 Å². The summed E-state index contributed by atoms with van der Waals surface area (Å²) in [6, 6.07) is 0. The number of rotatable bonds is 6. The molecule has 2 nitrogen and oxygen atoms in total. The minimum Gasteiger partial charge on any atom is -0.414 e. The lowest BCUT2D eigenvalue weighted by molar-refractivity contribution is 0.0204. The molecule has 2 atom stereocenters. The highest BCUT2D eigenvalue weighted by Crippen LogP contribution is 2.37. The van der Waals surface area contributed by atoms with Crippen LogP contribution in [-0.2, 0) is 9.16 Å². The van der Waals surface area contributed by atoms with Gasteiger partial charge >= 0.3 is 0 Å². The van der Waals surface area contributed by atoms with Crippen molar-refractivity contribution in [1.82, 2.24) is 0 Å². The summed E-state index contributed by atoms with van der Waals surface area (Å²) in [6.45, 7) is 16.6. The molecule has 0 N–H and O–H groups in total. The van der Waals surface area contributed by atoms with Crippen LogP contribution in [-0.4, -0.2) is 27.1 Å². The molecule has 1 heterocycles. The lowest BCUT2D eigenvalue weighted by Crippen LogP contribution is -2.42. The van der Waals surface area contributed by atoms with Gasteiger partial charge in [-0.2, -0.15) is 0 Å². The molecule has 0 aromatic carbocycles. The molecule has 0 bridgehead atoms. The summed E-state index contributed by atoms with van der Waals surface area (Å²) in [5.74, 6) is 0. The Labute approximate surface area is 120 Å². The number of ether oxygens (including phenoxy) is 1. The molecule has 0 aliphatic carbocycles. The average molecular weight is 285 g/mol. The van der Waals surface area contributed by atoms with Crippen LogP contribution in [0, 0.1) is 0 Å². The fraction of sp³-hybridized carbons (Fsp3) is 0.875. The molecule has 0 amide bonds. The Morgan fingerprint density at radius 3 is 2.47 bits per heavy atom. The van der Waals surface area contributed by atoms with Crippen molar-refractivity contribution in [2.24, 2.45) is 0 Å². The Bertz CT molecular complexity index is 315. The summed E-state index contributed by atoms with van der Waals surface area (Å²) in [5, 5.41) is 0.269. The van der Waals surface area contributed by atoms with Crippen LogP contribution >= 0.6 is 0 Å². The third-order valence-corrected chi connectivity index (χ3v) is 9.04. The number of hydrogen-bond acceptors (Lipinski definition) is 2. The minimum atomic E-state index is -1.66. The monoisotopic (exact) mass is 284 g/mol. The predicted octanol–water partition coefficient (Wildman–Crippen LogP) is 4.91. The van der Waals surface area contributed by atoms with Gasteiger partial charge < -0.3 is 9.16 Å². The summed E-state index contributed by atoms with van der Waals surface area (Å²) in [6.07, 6.45) is 6.39. The molecule has 112 valence electrons. The third-order valence-electron chi connectivity index (χ3n) is 4.54. The maximum absolute atomic E-state index is 6.27. The molecular formula is C16H32O2Si. The maximum Gasteiger partial charge on any atom is 0.192 e. The van der Waals surface area contributed by atoms with Gasteiger partial charge in [-0.05, 0) is 37.0 Å². The zero-order chi connectivity index (χ0) is 14.7. The first kappa shape index (κ1) is 16.9. The van der Waals surface area contributed by atoms with Crippen molar-refractivity contribution in [3.05, 3.63) is 11.6 Å². The van der Waals surface area contributed by atoms with Gasteiger partial charge in [0.1, 0.15) is 6.10 Å². The maximum atomic E-state index is 6.27. The zero-order valence-corrected chi connectivity index (χ0v) is 14.9.